The summed E-state index contributed by atoms with van der Waals surface area (Å²) >= 11 is 5.96. The maximum Gasteiger partial charge on any atom is 0.573 e. The lowest BCUT2D eigenvalue weighted by Crippen LogP contribution is -2.51. The van der Waals surface area contributed by atoms with Crippen LogP contribution in [0.5, 0.6) is 5.75 Å². The first kappa shape index (κ1) is 30.4. The van der Waals surface area contributed by atoms with Crippen LogP contribution >= 0.6 is 11.6 Å². The summed E-state index contributed by atoms with van der Waals surface area (Å²) in [4.78, 5) is 16.3. The first-order chi connectivity index (χ1) is 19.0. The number of sulfonamides is 1. The number of aliphatic hydroxyl groups is 1. The van der Waals surface area contributed by atoms with Gasteiger partial charge in [-0.2, -0.15) is 4.31 Å². The quantitative estimate of drug-likeness (QED) is 0.480. The van der Waals surface area contributed by atoms with E-state index in [0.717, 1.165) is 6.07 Å². The van der Waals surface area contributed by atoms with Crippen molar-refractivity contribution in [3.63, 3.8) is 0 Å². The molecule has 0 aromatic heterocycles. The van der Waals surface area contributed by atoms with Crippen molar-refractivity contribution in [3.05, 3.63) is 59.1 Å². The molecule has 0 spiro atoms. The van der Waals surface area contributed by atoms with Crippen LogP contribution in [0.2, 0.25) is 5.02 Å². The maximum absolute atomic E-state index is 13.9. The van der Waals surface area contributed by atoms with Crippen molar-refractivity contribution < 1.29 is 41.0 Å². The van der Waals surface area contributed by atoms with Crippen LogP contribution in [0.15, 0.2) is 53.4 Å². The van der Waals surface area contributed by atoms with Crippen molar-refractivity contribution in [1.29, 1.82) is 0 Å². The molecule has 0 bridgehead atoms. The van der Waals surface area contributed by atoms with Gasteiger partial charge in [0.05, 0.1) is 23.6 Å². The fourth-order valence-electron chi connectivity index (χ4n) is 5.09. The fraction of sp³-hybridized carbons (Fsp3) is 0.500. The molecule has 0 aliphatic carbocycles. The lowest BCUT2D eigenvalue weighted by Gasteiger charge is -2.41. The van der Waals surface area contributed by atoms with Gasteiger partial charge < -0.3 is 19.5 Å². The summed E-state index contributed by atoms with van der Waals surface area (Å²) in [6, 6.07) is 9.29. The summed E-state index contributed by atoms with van der Waals surface area (Å²) in [5.74, 6) is -0.456. The van der Waals surface area contributed by atoms with E-state index in [0.29, 0.717) is 62.6 Å². The van der Waals surface area contributed by atoms with Gasteiger partial charge in [-0.25, -0.2) is 13.2 Å². The Balaban J connectivity index is 1.58. The third-order valence-corrected chi connectivity index (χ3v) is 9.22. The number of β-amino-alcohol motifs (C(OH)–C–C–N with tert-alkyl or cyclic N) is 1. The number of hydrogen-bond donors (Lipinski definition) is 1. The number of amides is 1. The number of carbonyl (C=O) groups is 1. The Morgan fingerprint density at radius 2 is 1.75 bits per heavy atom. The summed E-state index contributed by atoms with van der Waals surface area (Å²) in [7, 11) is -4.18. The standard InChI is InChI=1S/C26H31ClF3N3O6S/c27-20-7-9-23(10-8-20)40(36,37)33-21(18-38-25(35)32-13-11-31(12-14-32)15-16-34)4-2-6-24(33)19-3-1-5-22(17-19)39-26(28,29)30/h1,3,5,7-10,17,21,24,34H,2,4,6,11-16,18H2/t21-,24+/m1/s1. The molecular weight excluding hydrogens is 575 g/mol. The zero-order valence-corrected chi connectivity index (χ0v) is 23.2. The van der Waals surface area contributed by atoms with Crippen LogP contribution in [0.3, 0.4) is 0 Å². The summed E-state index contributed by atoms with van der Waals surface area (Å²) in [6.07, 6.45) is -4.18. The van der Waals surface area contributed by atoms with E-state index in [9.17, 15) is 26.4 Å². The van der Waals surface area contributed by atoms with Gasteiger partial charge in [0.15, 0.2) is 0 Å². The lowest BCUT2D eigenvalue weighted by molar-refractivity contribution is -0.274. The number of benzene rings is 2. The molecule has 2 aliphatic rings. The first-order valence-corrected chi connectivity index (χ1v) is 14.7. The second-order valence-corrected chi connectivity index (χ2v) is 11.9. The van der Waals surface area contributed by atoms with Gasteiger partial charge in [-0.05, 0) is 61.2 Å². The zero-order valence-electron chi connectivity index (χ0n) is 21.6. The molecule has 2 atom stereocenters. The van der Waals surface area contributed by atoms with Gasteiger partial charge in [0, 0.05) is 37.7 Å². The van der Waals surface area contributed by atoms with Crippen LogP contribution in [0, 0.1) is 0 Å². The Hall–Kier alpha value is -2.58. The van der Waals surface area contributed by atoms with Gasteiger partial charge in [-0.1, -0.05) is 23.7 Å². The van der Waals surface area contributed by atoms with Crippen LogP contribution in [0.25, 0.3) is 0 Å². The Kier molecular flexibility index (Phi) is 9.83. The number of rotatable bonds is 8. The van der Waals surface area contributed by atoms with E-state index in [1.807, 2.05) is 4.90 Å². The molecule has 2 heterocycles. The van der Waals surface area contributed by atoms with Crippen LogP contribution in [0.1, 0.15) is 30.9 Å². The van der Waals surface area contributed by atoms with Crippen LogP contribution in [0.4, 0.5) is 18.0 Å². The zero-order chi connectivity index (χ0) is 28.9. The van der Waals surface area contributed by atoms with Gasteiger partial charge in [-0.15, -0.1) is 13.2 Å². The molecule has 2 saturated heterocycles. The van der Waals surface area contributed by atoms with Crippen LogP contribution in [-0.4, -0.2) is 92.1 Å². The van der Waals surface area contributed by atoms with Crippen molar-refractivity contribution in [2.24, 2.45) is 0 Å². The SMILES string of the molecule is O=C(OC[C@H]1CCC[C@@H](c2cccc(OC(F)(F)F)c2)N1S(=O)(=O)c1ccc(Cl)cc1)N1CCN(CCO)CC1. The van der Waals surface area contributed by atoms with E-state index in [2.05, 4.69) is 4.74 Å². The molecule has 1 N–H and O–H groups in total. The highest BCUT2D eigenvalue weighted by Crippen LogP contribution is 2.40. The number of ether oxygens (including phenoxy) is 2. The average molecular weight is 606 g/mol. The molecule has 1 amide bonds. The molecule has 0 unspecified atom stereocenters. The maximum atomic E-state index is 13.9. The molecule has 2 aromatic carbocycles. The molecule has 2 aromatic rings. The van der Waals surface area contributed by atoms with Crippen molar-refractivity contribution in [2.75, 3.05) is 45.9 Å². The molecule has 14 heteroatoms. The molecule has 40 heavy (non-hydrogen) atoms. The van der Waals surface area contributed by atoms with E-state index >= 15 is 0 Å². The third-order valence-electron chi connectivity index (χ3n) is 6.99. The number of piperazine rings is 1. The second-order valence-electron chi connectivity index (χ2n) is 9.64. The molecule has 9 nitrogen and oxygen atoms in total. The normalized spacial score (nSPS) is 21.3. The summed E-state index contributed by atoms with van der Waals surface area (Å²) in [6.45, 7) is 2.28. The van der Waals surface area contributed by atoms with Crippen LogP contribution < -0.4 is 4.74 Å². The van der Waals surface area contributed by atoms with Gasteiger partial charge in [0.1, 0.15) is 12.4 Å². The van der Waals surface area contributed by atoms with Gasteiger partial charge in [0.25, 0.3) is 0 Å². The smallest absolute Gasteiger partial charge is 0.448 e. The second kappa shape index (κ2) is 12.9. The number of hydrogen-bond acceptors (Lipinski definition) is 7. The monoisotopic (exact) mass is 605 g/mol. The predicted octanol–water partition coefficient (Wildman–Crippen LogP) is 4.27. The highest BCUT2D eigenvalue weighted by molar-refractivity contribution is 7.89. The predicted molar refractivity (Wildman–Crippen MR) is 140 cm³/mol. The number of halogens is 4. The number of carbonyl (C=O) groups excluding carboxylic acids is 1. The minimum absolute atomic E-state index is 0.0243. The molecule has 4 rings (SSSR count). The molecule has 220 valence electrons. The van der Waals surface area contributed by atoms with Crippen molar-refractivity contribution in [2.45, 2.75) is 42.6 Å². The highest BCUT2D eigenvalue weighted by atomic mass is 35.5. The van der Waals surface area contributed by atoms with Gasteiger partial charge in [-0.3, -0.25) is 4.90 Å². The Labute approximate surface area is 236 Å². The Morgan fingerprint density at radius 3 is 2.40 bits per heavy atom. The number of nitrogens with zero attached hydrogens (tertiary/aromatic N) is 3. The fourth-order valence-corrected chi connectivity index (χ4v) is 7.06. The molecule has 2 fully saturated rings. The molecular formula is C26H31ClF3N3O6S. The number of piperidine rings is 1. The van der Waals surface area contributed by atoms with Gasteiger partial charge >= 0.3 is 12.5 Å². The molecule has 2 aliphatic heterocycles. The van der Waals surface area contributed by atoms with E-state index < -0.39 is 40.3 Å². The topological polar surface area (TPSA) is 99.6 Å². The Bertz CT molecular complexity index is 1260. The molecule has 0 saturated carbocycles. The highest BCUT2D eigenvalue weighted by Gasteiger charge is 2.42. The molecule has 0 radical (unpaired) electrons. The van der Waals surface area contributed by atoms with Crippen LogP contribution in [-0.2, 0) is 14.8 Å². The third kappa shape index (κ3) is 7.58. The van der Waals surface area contributed by atoms with E-state index in [1.165, 1.54) is 45.6 Å². The minimum Gasteiger partial charge on any atom is -0.448 e. The minimum atomic E-state index is -4.90. The lowest BCUT2D eigenvalue weighted by atomic mass is 9.93. The van der Waals surface area contributed by atoms with E-state index in [4.69, 9.17) is 21.4 Å². The number of aliphatic hydroxyl groups excluding tert-OH is 1. The van der Waals surface area contributed by atoms with Crippen molar-refractivity contribution in [3.8, 4) is 5.75 Å². The van der Waals surface area contributed by atoms with Gasteiger partial charge in [0.2, 0.25) is 10.0 Å². The van der Waals surface area contributed by atoms with Crippen molar-refractivity contribution >= 4 is 27.7 Å². The largest absolute Gasteiger partial charge is 0.573 e. The Morgan fingerprint density at radius 1 is 1.05 bits per heavy atom. The first-order valence-electron chi connectivity index (χ1n) is 12.9. The summed E-state index contributed by atoms with van der Waals surface area (Å²) in [5, 5.41) is 9.46. The average Bonchev–Trinajstić information content (AvgIpc) is 2.91. The summed E-state index contributed by atoms with van der Waals surface area (Å²) in [5.41, 5.74) is 0.329. The number of alkyl halides is 3. The van der Waals surface area contributed by atoms with Crippen molar-refractivity contribution in [1.82, 2.24) is 14.1 Å². The van der Waals surface area contributed by atoms with E-state index in [1.54, 1.807) is 6.07 Å². The summed E-state index contributed by atoms with van der Waals surface area (Å²) < 4.78 is 77.4. The van der Waals surface area contributed by atoms with E-state index in [-0.39, 0.29) is 18.1 Å².